The number of amides is 1. The number of nitrogens with one attached hydrogen (secondary N) is 2. The zero-order chi connectivity index (χ0) is 14.5. The maximum Gasteiger partial charge on any atom is 0.257 e. The molecule has 2 aromatic heterocycles. The van der Waals surface area contributed by atoms with Crippen LogP contribution in [0.5, 0.6) is 0 Å². The van der Waals surface area contributed by atoms with Gasteiger partial charge in [-0.05, 0) is 25.0 Å². The van der Waals surface area contributed by atoms with Crippen LogP contribution in [0, 0.1) is 0 Å². The van der Waals surface area contributed by atoms with Crippen LogP contribution in [0.4, 0.5) is 10.9 Å². The molecule has 0 unspecified atom stereocenters. The SMILES string of the molecule is CCc1cc(C(=O)Nc2nnc(CC)s2)cc(NC)n1. The molecule has 0 bridgehead atoms. The van der Waals surface area contributed by atoms with E-state index >= 15 is 0 Å². The van der Waals surface area contributed by atoms with Gasteiger partial charge in [-0.15, -0.1) is 10.2 Å². The normalized spacial score (nSPS) is 10.3. The van der Waals surface area contributed by atoms with Crippen molar-refractivity contribution >= 4 is 28.2 Å². The van der Waals surface area contributed by atoms with Crippen molar-refractivity contribution in [3.05, 3.63) is 28.4 Å². The van der Waals surface area contributed by atoms with E-state index in [1.807, 2.05) is 13.8 Å². The third-order valence-corrected chi connectivity index (χ3v) is 3.73. The highest BCUT2D eigenvalue weighted by Crippen LogP contribution is 2.17. The molecule has 0 saturated carbocycles. The second-order valence-corrected chi connectivity index (χ2v) is 5.21. The van der Waals surface area contributed by atoms with Crippen LogP contribution in [0.2, 0.25) is 0 Å². The second-order valence-electron chi connectivity index (χ2n) is 4.14. The molecule has 0 atom stereocenters. The number of aromatic nitrogens is 3. The van der Waals surface area contributed by atoms with E-state index in [0.29, 0.717) is 16.5 Å². The Morgan fingerprint density at radius 3 is 2.65 bits per heavy atom. The lowest BCUT2D eigenvalue weighted by molar-refractivity contribution is 0.102. The number of carbonyl (C=O) groups excluding carboxylic acids is 1. The minimum Gasteiger partial charge on any atom is -0.373 e. The molecule has 2 heterocycles. The monoisotopic (exact) mass is 291 g/mol. The first-order valence-corrected chi connectivity index (χ1v) is 7.30. The summed E-state index contributed by atoms with van der Waals surface area (Å²) in [5.74, 6) is 0.485. The van der Waals surface area contributed by atoms with Gasteiger partial charge in [0.2, 0.25) is 5.13 Å². The van der Waals surface area contributed by atoms with Crippen molar-refractivity contribution in [1.82, 2.24) is 15.2 Å². The van der Waals surface area contributed by atoms with Crippen LogP contribution in [0.15, 0.2) is 12.1 Å². The maximum absolute atomic E-state index is 12.2. The molecule has 0 aliphatic heterocycles. The first-order valence-electron chi connectivity index (χ1n) is 6.48. The van der Waals surface area contributed by atoms with Gasteiger partial charge < -0.3 is 5.32 Å². The largest absolute Gasteiger partial charge is 0.373 e. The number of aryl methyl sites for hydroxylation is 2. The summed E-state index contributed by atoms with van der Waals surface area (Å²) in [7, 11) is 1.78. The summed E-state index contributed by atoms with van der Waals surface area (Å²) >= 11 is 1.39. The highest BCUT2D eigenvalue weighted by atomic mass is 32.1. The summed E-state index contributed by atoms with van der Waals surface area (Å²) in [4.78, 5) is 16.6. The minimum atomic E-state index is -0.197. The molecule has 0 aliphatic rings. The highest BCUT2D eigenvalue weighted by molar-refractivity contribution is 7.15. The molecule has 2 N–H and O–H groups in total. The highest BCUT2D eigenvalue weighted by Gasteiger charge is 2.12. The maximum atomic E-state index is 12.2. The summed E-state index contributed by atoms with van der Waals surface area (Å²) in [5.41, 5.74) is 1.43. The molecule has 0 saturated heterocycles. The van der Waals surface area contributed by atoms with E-state index in [-0.39, 0.29) is 5.91 Å². The topological polar surface area (TPSA) is 79.8 Å². The van der Waals surface area contributed by atoms with Crippen LogP contribution in [0.1, 0.15) is 34.9 Å². The lowest BCUT2D eigenvalue weighted by atomic mass is 10.2. The lowest BCUT2D eigenvalue weighted by Crippen LogP contribution is -2.13. The molecule has 20 heavy (non-hydrogen) atoms. The third-order valence-electron chi connectivity index (χ3n) is 2.75. The van der Waals surface area contributed by atoms with Gasteiger partial charge in [0.15, 0.2) is 0 Å². The summed E-state index contributed by atoms with van der Waals surface area (Å²) < 4.78 is 0. The predicted molar refractivity (Wildman–Crippen MR) is 80.4 cm³/mol. The molecule has 2 aromatic rings. The standard InChI is InChI=1S/C13H17N5OS/c1-4-9-6-8(7-10(14-3)15-9)12(19)16-13-18-17-11(5-2)20-13/h6-7H,4-5H2,1-3H3,(H,14,15)(H,16,18,19). The van der Waals surface area contributed by atoms with Crippen molar-refractivity contribution in [3.8, 4) is 0 Å². The van der Waals surface area contributed by atoms with Gasteiger partial charge in [-0.3, -0.25) is 10.1 Å². The van der Waals surface area contributed by atoms with Gasteiger partial charge in [0.25, 0.3) is 5.91 Å². The van der Waals surface area contributed by atoms with Crippen LogP contribution in [-0.2, 0) is 12.8 Å². The molecule has 0 fully saturated rings. The number of carbonyl (C=O) groups is 1. The van der Waals surface area contributed by atoms with Crippen molar-refractivity contribution in [2.75, 3.05) is 17.7 Å². The molecule has 6 nitrogen and oxygen atoms in total. The van der Waals surface area contributed by atoms with Gasteiger partial charge in [0.05, 0.1) is 0 Å². The first-order chi connectivity index (χ1) is 9.66. The quantitative estimate of drug-likeness (QED) is 0.884. The molecule has 0 spiro atoms. The van der Waals surface area contributed by atoms with E-state index in [1.165, 1.54) is 11.3 Å². The van der Waals surface area contributed by atoms with Crippen molar-refractivity contribution in [3.63, 3.8) is 0 Å². The molecule has 7 heteroatoms. The molecule has 0 aromatic carbocycles. The van der Waals surface area contributed by atoms with Crippen molar-refractivity contribution in [2.45, 2.75) is 26.7 Å². The van der Waals surface area contributed by atoms with E-state index < -0.39 is 0 Å². The van der Waals surface area contributed by atoms with E-state index in [2.05, 4.69) is 25.8 Å². The Bertz CT molecular complexity index is 588. The average Bonchev–Trinajstić information content (AvgIpc) is 2.94. The molecular formula is C13H17N5OS. The Morgan fingerprint density at radius 1 is 1.25 bits per heavy atom. The number of anilines is 2. The van der Waals surface area contributed by atoms with Crippen LogP contribution in [-0.4, -0.2) is 28.1 Å². The fraction of sp³-hybridized carbons (Fsp3) is 0.385. The third kappa shape index (κ3) is 3.30. The molecular weight excluding hydrogens is 274 g/mol. The Balaban J connectivity index is 2.19. The van der Waals surface area contributed by atoms with Gasteiger partial charge in [0.1, 0.15) is 10.8 Å². The van der Waals surface area contributed by atoms with Gasteiger partial charge in [0, 0.05) is 18.3 Å². The van der Waals surface area contributed by atoms with Crippen molar-refractivity contribution < 1.29 is 4.79 Å². The molecule has 0 aliphatic carbocycles. The van der Waals surface area contributed by atoms with Crippen LogP contribution in [0.3, 0.4) is 0 Å². The summed E-state index contributed by atoms with van der Waals surface area (Å²) in [5, 5.41) is 15.1. The number of pyridine rings is 1. The summed E-state index contributed by atoms with van der Waals surface area (Å²) in [6, 6.07) is 3.51. The molecule has 2 rings (SSSR count). The van der Waals surface area contributed by atoms with Crippen LogP contribution in [0.25, 0.3) is 0 Å². The van der Waals surface area contributed by atoms with Crippen LogP contribution >= 0.6 is 11.3 Å². The zero-order valence-electron chi connectivity index (χ0n) is 11.7. The number of nitrogens with zero attached hydrogens (tertiary/aromatic N) is 3. The van der Waals surface area contributed by atoms with Crippen molar-refractivity contribution in [2.24, 2.45) is 0 Å². The Morgan fingerprint density at radius 2 is 2.05 bits per heavy atom. The molecule has 0 radical (unpaired) electrons. The van der Waals surface area contributed by atoms with E-state index in [4.69, 9.17) is 0 Å². The van der Waals surface area contributed by atoms with Crippen molar-refractivity contribution in [1.29, 1.82) is 0 Å². The molecule has 106 valence electrons. The summed E-state index contributed by atoms with van der Waals surface area (Å²) in [6.07, 6.45) is 1.58. The smallest absolute Gasteiger partial charge is 0.257 e. The number of hydrogen-bond donors (Lipinski definition) is 2. The fourth-order valence-corrected chi connectivity index (χ4v) is 2.32. The van der Waals surface area contributed by atoms with Crippen LogP contribution < -0.4 is 10.6 Å². The van der Waals surface area contributed by atoms with Gasteiger partial charge >= 0.3 is 0 Å². The lowest BCUT2D eigenvalue weighted by Gasteiger charge is -2.07. The van der Waals surface area contributed by atoms with Gasteiger partial charge in [-0.25, -0.2) is 4.98 Å². The van der Waals surface area contributed by atoms with Gasteiger partial charge in [-0.2, -0.15) is 0 Å². The van der Waals surface area contributed by atoms with E-state index in [1.54, 1.807) is 19.2 Å². The fourth-order valence-electron chi connectivity index (χ4n) is 1.64. The molecule has 1 amide bonds. The first kappa shape index (κ1) is 14.4. The Labute approximate surface area is 121 Å². The second kappa shape index (κ2) is 6.42. The number of rotatable bonds is 5. The average molecular weight is 291 g/mol. The Kier molecular flexibility index (Phi) is 4.62. The van der Waals surface area contributed by atoms with E-state index in [0.717, 1.165) is 23.5 Å². The van der Waals surface area contributed by atoms with Gasteiger partial charge in [-0.1, -0.05) is 25.2 Å². The van der Waals surface area contributed by atoms with E-state index in [9.17, 15) is 4.79 Å². The minimum absolute atomic E-state index is 0.197. The number of hydrogen-bond acceptors (Lipinski definition) is 6. The summed E-state index contributed by atoms with van der Waals surface area (Å²) in [6.45, 7) is 4.00. The Hall–Kier alpha value is -2.02. The zero-order valence-corrected chi connectivity index (χ0v) is 12.5. The predicted octanol–water partition coefficient (Wildman–Crippen LogP) is 2.35.